The van der Waals surface area contributed by atoms with Gasteiger partial charge in [-0.2, -0.15) is 0 Å². The van der Waals surface area contributed by atoms with Crippen LogP contribution in [-0.4, -0.2) is 17.1 Å². The second-order valence-electron chi connectivity index (χ2n) is 3.92. The molecule has 1 aliphatic rings. The lowest BCUT2D eigenvalue weighted by Crippen LogP contribution is -2.31. The first-order chi connectivity index (χ1) is 7.58. The lowest BCUT2D eigenvalue weighted by Gasteiger charge is -2.15. The highest BCUT2D eigenvalue weighted by Crippen LogP contribution is 2.34. The molecule has 1 aromatic carbocycles. The van der Waals surface area contributed by atoms with Crippen molar-refractivity contribution in [2.45, 2.75) is 18.9 Å². The first-order valence-corrected chi connectivity index (χ1v) is 5.02. The maximum Gasteiger partial charge on any atom is 0.326 e. The Morgan fingerprint density at radius 3 is 2.62 bits per heavy atom. The van der Waals surface area contributed by atoms with E-state index in [0.29, 0.717) is 0 Å². The fraction of sp³-hybridized carbons (Fsp3) is 0.364. The van der Waals surface area contributed by atoms with Crippen molar-refractivity contribution in [2.75, 3.05) is 5.32 Å². The average Bonchev–Trinajstić information content (AvgIpc) is 2.99. The predicted octanol–water partition coefficient (Wildman–Crippen LogP) is 2.24. The Labute approximate surface area is 91.1 Å². The Balaban J connectivity index is 2.15. The van der Waals surface area contributed by atoms with E-state index in [4.69, 9.17) is 5.11 Å². The first kappa shape index (κ1) is 10.9. The number of carboxylic acid groups (broad SMARTS) is 1. The van der Waals surface area contributed by atoms with Gasteiger partial charge in [0, 0.05) is 6.07 Å². The molecule has 0 radical (unpaired) electrons. The number of benzene rings is 1. The van der Waals surface area contributed by atoms with Crippen LogP contribution in [-0.2, 0) is 4.79 Å². The monoisotopic (exact) mass is 227 g/mol. The fourth-order valence-corrected chi connectivity index (χ4v) is 1.58. The topological polar surface area (TPSA) is 49.3 Å². The van der Waals surface area contributed by atoms with Gasteiger partial charge in [-0.25, -0.2) is 13.6 Å². The van der Waals surface area contributed by atoms with E-state index >= 15 is 0 Å². The summed E-state index contributed by atoms with van der Waals surface area (Å²) in [4.78, 5) is 10.9. The lowest BCUT2D eigenvalue weighted by molar-refractivity contribution is -0.138. The Morgan fingerprint density at radius 1 is 1.44 bits per heavy atom. The van der Waals surface area contributed by atoms with Crippen LogP contribution in [0.15, 0.2) is 18.2 Å². The number of carbonyl (C=O) groups is 1. The fourth-order valence-electron chi connectivity index (χ4n) is 1.58. The van der Waals surface area contributed by atoms with Gasteiger partial charge in [0.1, 0.15) is 17.7 Å². The summed E-state index contributed by atoms with van der Waals surface area (Å²) in [6.45, 7) is 0. The maximum atomic E-state index is 13.3. The second-order valence-corrected chi connectivity index (χ2v) is 3.92. The van der Waals surface area contributed by atoms with Gasteiger partial charge in [0.25, 0.3) is 0 Å². The lowest BCUT2D eigenvalue weighted by atomic mass is 10.1. The average molecular weight is 227 g/mol. The minimum absolute atomic E-state index is 0.0284. The normalized spacial score (nSPS) is 16.9. The number of anilines is 1. The number of carboxylic acids is 1. The standard InChI is InChI=1S/C11H11F2NO2/c12-7-3-4-9(8(13)5-7)14-10(11(15)16)6-1-2-6/h3-6,10,14H,1-2H2,(H,15,16). The summed E-state index contributed by atoms with van der Waals surface area (Å²) >= 11 is 0. The molecule has 0 spiro atoms. The van der Waals surface area contributed by atoms with Gasteiger partial charge in [-0.1, -0.05) is 0 Å². The van der Waals surface area contributed by atoms with Crippen molar-refractivity contribution in [3.8, 4) is 0 Å². The molecule has 1 saturated carbocycles. The van der Waals surface area contributed by atoms with Crippen LogP contribution in [0.5, 0.6) is 0 Å². The summed E-state index contributed by atoms with van der Waals surface area (Å²) < 4.78 is 25.9. The van der Waals surface area contributed by atoms with Crippen molar-refractivity contribution in [1.29, 1.82) is 0 Å². The molecule has 0 saturated heterocycles. The molecule has 1 fully saturated rings. The highest BCUT2D eigenvalue weighted by molar-refractivity contribution is 5.78. The zero-order valence-corrected chi connectivity index (χ0v) is 8.41. The van der Waals surface area contributed by atoms with Crippen LogP contribution in [0, 0.1) is 17.6 Å². The van der Waals surface area contributed by atoms with E-state index in [0.717, 1.165) is 25.0 Å². The quantitative estimate of drug-likeness (QED) is 0.829. The molecule has 0 bridgehead atoms. The van der Waals surface area contributed by atoms with Gasteiger partial charge >= 0.3 is 5.97 Å². The van der Waals surface area contributed by atoms with E-state index in [1.807, 2.05) is 0 Å². The molecule has 86 valence electrons. The van der Waals surface area contributed by atoms with Gasteiger partial charge in [0.15, 0.2) is 0 Å². The van der Waals surface area contributed by atoms with Crippen LogP contribution in [0.1, 0.15) is 12.8 Å². The molecule has 0 heterocycles. The number of hydrogen-bond donors (Lipinski definition) is 2. The van der Waals surface area contributed by atoms with E-state index < -0.39 is 23.6 Å². The van der Waals surface area contributed by atoms with Crippen LogP contribution in [0.25, 0.3) is 0 Å². The SMILES string of the molecule is O=C(O)C(Nc1ccc(F)cc1F)C1CC1. The second kappa shape index (κ2) is 4.08. The van der Waals surface area contributed by atoms with Crippen molar-refractivity contribution in [3.63, 3.8) is 0 Å². The third-order valence-corrected chi connectivity index (χ3v) is 2.60. The van der Waals surface area contributed by atoms with Crippen LogP contribution in [0.4, 0.5) is 14.5 Å². The number of aliphatic carboxylic acids is 1. The molecule has 1 aromatic rings. The van der Waals surface area contributed by atoms with E-state index in [-0.39, 0.29) is 11.6 Å². The zero-order valence-electron chi connectivity index (χ0n) is 8.41. The van der Waals surface area contributed by atoms with Crippen molar-refractivity contribution < 1.29 is 18.7 Å². The number of hydrogen-bond acceptors (Lipinski definition) is 2. The summed E-state index contributed by atoms with van der Waals surface area (Å²) in [5, 5.41) is 11.5. The molecule has 0 aromatic heterocycles. The van der Waals surface area contributed by atoms with E-state index in [1.165, 1.54) is 6.07 Å². The van der Waals surface area contributed by atoms with Gasteiger partial charge < -0.3 is 10.4 Å². The Hall–Kier alpha value is -1.65. The highest BCUT2D eigenvalue weighted by atomic mass is 19.1. The minimum atomic E-state index is -1.01. The van der Waals surface area contributed by atoms with E-state index in [9.17, 15) is 13.6 Å². The van der Waals surface area contributed by atoms with Crippen LogP contribution < -0.4 is 5.32 Å². The third kappa shape index (κ3) is 2.29. The molecule has 0 aliphatic heterocycles. The summed E-state index contributed by atoms with van der Waals surface area (Å²) in [5.41, 5.74) is 0.0284. The van der Waals surface area contributed by atoms with Gasteiger partial charge in [0.05, 0.1) is 5.69 Å². The molecular formula is C11H11F2NO2. The number of halogens is 2. The Bertz CT molecular complexity index is 418. The first-order valence-electron chi connectivity index (χ1n) is 5.02. The van der Waals surface area contributed by atoms with Crippen molar-refractivity contribution in [3.05, 3.63) is 29.8 Å². The molecule has 16 heavy (non-hydrogen) atoms. The Kier molecular flexibility index (Phi) is 2.77. The van der Waals surface area contributed by atoms with Crippen molar-refractivity contribution in [1.82, 2.24) is 0 Å². The largest absolute Gasteiger partial charge is 0.480 e. The highest BCUT2D eigenvalue weighted by Gasteiger charge is 2.36. The van der Waals surface area contributed by atoms with E-state index in [1.54, 1.807) is 0 Å². The Morgan fingerprint density at radius 2 is 2.12 bits per heavy atom. The molecular weight excluding hydrogens is 216 g/mol. The van der Waals surface area contributed by atoms with Crippen LogP contribution >= 0.6 is 0 Å². The molecule has 1 aliphatic carbocycles. The summed E-state index contributed by atoms with van der Waals surface area (Å²) in [5.74, 6) is -2.42. The van der Waals surface area contributed by atoms with Gasteiger partial charge in [-0.05, 0) is 30.9 Å². The predicted molar refractivity (Wildman–Crippen MR) is 54.1 cm³/mol. The number of nitrogens with one attached hydrogen (secondary N) is 1. The number of rotatable bonds is 4. The van der Waals surface area contributed by atoms with Crippen LogP contribution in [0.2, 0.25) is 0 Å². The molecule has 5 heteroatoms. The molecule has 1 atom stereocenters. The van der Waals surface area contributed by atoms with Gasteiger partial charge in [-0.15, -0.1) is 0 Å². The maximum absolute atomic E-state index is 13.3. The van der Waals surface area contributed by atoms with Gasteiger partial charge in [0.2, 0.25) is 0 Å². The molecule has 2 N–H and O–H groups in total. The summed E-state index contributed by atoms with van der Waals surface area (Å²) in [7, 11) is 0. The smallest absolute Gasteiger partial charge is 0.326 e. The summed E-state index contributed by atoms with van der Waals surface area (Å²) in [6, 6.07) is 2.24. The zero-order chi connectivity index (χ0) is 11.7. The molecule has 3 nitrogen and oxygen atoms in total. The van der Waals surface area contributed by atoms with Crippen molar-refractivity contribution in [2.24, 2.45) is 5.92 Å². The van der Waals surface area contributed by atoms with Gasteiger partial charge in [-0.3, -0.25) is 0 Å². The third-order valence-electron chi connectivity index (χ3n) is 2.60. The van der Waals surface area contributed by atoms with Crippen molar-refractivity contribution >= 4 is 11.7 Å². The minimum Gasteiger partial charge on any atom is -0.480 e. The van der Waals surface area contributed by atoms with Crippen LogP contribution in [0.3, 0.4) is 0 Å². The molecule has 1 unspecified atom stereocenters. The molecule has 0 amide bonds. The summed E-state index contributed by atoms with van der Waals surface area (Å²) in [6.07, 6.45) is 1.65. The molecule has 2 rings (SSSR count). The van der Waals surface area contributed by atoms with E-state index in [2.05, 4.69) is 5.32 Å².